The maximum atomic E-state index is 12.4. The van der Waals surface area contributed by atoms with E-state index < -0.39 is 8.32 Å². The molecule has 0 aromatic carbocycles. The molecule has 4 nitrogen and oxygen atoms in total. The van der Waals surface area contributed by atoms with Gasteiger partial charge in [-0.2, -0.15) is 0 Å². The zero-order valence-corrected chi connectivity index (χ0v) is 21.2. The predicted molar refractivity (Wildman–Crippen MR) is 127 cm³/mol. The molecule has 0 amide bonds. The summed E-state index contributed by atoms with van der Waals surface area (Å²) in [5, 5.41) is 0. The van der Waals surface area contributed by atoms with Gasteiger partial charge < -0.3 is 9.16 Å². The van der Waals surface area contributed by atoms with Crippen molar-refractivity contribution in [1.29, 1.82) is 0 Å². The lowest BCUT2D eigenvalue weighted by Crippen LogP contribution is -2.40. The van der Waals surface area contributed by atoms with Crippen molar-refractivity contribution >= 4 is 20.1 Å². The smallest absolute Gasteiger partial charge is 0.305 e. The van der Waals surface area contributed by atoms with Crippen LogP contribution in [0, 0.1) is 11.8 Å². The molecular formula is C25H44O4Si. The molecular weight excluding hydrogens is 392 g/mol. The van der Waals surface area contributed by atoms with Crippen LogP contribution in [0.4, 0.5) is 0 Å². The van der Waals surface area contributed by atoms with Gasteiger partial charge in [-0.15, -0.1) is 0 Å². The monoisotopic (exact) mass is 436 g/mol. The van der Waals surface area contributed by atoms with E-state index in [1.807, 2.05) is 0 Å². The van der Waals surface area contributed by atoms with Crippen molar-refractivity contribution in [3.63, 3.8) is 0 Å². The Morgan fingerprint density at radius 2 is 1.93 bits per heavy atom. The summed E-state index contributed by atoms with van der Waals surface area (Å²) in [4.78, 5) is 23.5. The maximum Gasteiger partial charge on any atom is 0.305 e. The summed E-state index contributed by atoms with van der Waals surface area (Å²) in [5.74, 6) is 0.650. The maximum absolute atomic E-state index is 12.4. The molecule has 0 N–H and O–H groups in total. The van der Waals surface area contributed by atoms with E-state index in [0.29, 0.717) is 24.5 Å². The molecule has 0 aromatic heterocycles. The van der Waals surface area contributed by atoms with Crippen molar-refractivity contribution in [2.45, 2.75) is 103 Å². The van der Waals surface area contributed by atoms with Crippen LogP contribution in [0.2, 0.25) is 19.6 Å². The van der Waals surface area contributed by atoms with E-state index in [1.165, 1.54) is 20.0 Å². The Labute approximate surface area is 185 Å². The van der Waals surface area contributed by atoms with Gasteiger partial charge in [-0.25, -0.2) is 0 Å². The number of allylic oxidation sites excluding steroid dienone is 3. The van der Waals surface area contributed by atoms with Gasteiger partial charge in [0.2, 0.25) is 0 Å². The molecule has 0 radical (unpaired) electrons. The molecule has 1 saturated carbocycles. The molecule has 5 heteroatoms. The summed E-state index contributed by atoms with van der Waals surface area (Å²) in [6.07, 6.45) is 17.6. The minimum Gasteiger partial charge on any atom is -0.469 e. The average Bonchev–Trinajstić information content (AvgIpc) is 3.01. The third-order valence-electron chi connectivity index (χ3n) is 5.74. The number of carbonyl (C=O) groups excluding carboxylic acids is 2. The fraction of sp³-hybridized carbons (Fsp3) is 0.760. The number of ether oxygens (including phenoxy) is 1. The second-order valence-electron chi connectivity index (χ2n) is 9.85. The second-order valence-corrected chi connectivity index (χ2v) is 14.3. The largest absolute Gasteiger partial charge is 0.469 e. The van der Waals surface area contributed by atoms with E-state index in [-0.39, 0.29) is 17.5 Å². The van der Waals surface area contributed by atoms with Gasteiger partial charge in [-0.3, -0.25) is 9.59 Å². The van der Waals surface area contributed by atoms with Crippen molar-refractivity contribution in [3.8, 4) is 0 Å². The number of ketones is 1. The number of esters is 1. The lowest BCUT2D eigenvalue weighted by molar-refractivity contribution is -0.140. The van der Waals surface area contributed by atoms with Crippen molar-refractivity contribution in [1.82, 2.24) is 0 Å². The number of rotatable bonds is 14. The van der Waals surface area contributed by atoms with Gasteiger partial charge in [-0.05, 0) is 71.0 Å². The number of carbonyl (C=O) groups is 2. The lowest BCUT2D eigenvalue weighted by Gasteiger charge is -2.36. The van der Waals surface area contributed by atoms with E-state index in [4.69, 9.17) is 4.43 Å². The quantitative estimate of drug-likeness (QED) is 0.133. The first-order chi connectivity index (χ1) is 14.1. The molecule has 1 fully saturated rings. The summed E-state index contributed by atoms with van der Waals surface area (Å²) < 4.78 is 11.2. The Balaban J connectivity index is 2.58. The standard InChI is InChI=1S/C25H44O4Si/c1-7-8-19-25(2,29-30(4,5)6)20-13-14-21-17-18-23(26)22(21)15-11-9-10-12-16-24(27)28-3/h9,11,13-14,21-22H,7-8,10,12,15-20H2,1-6H3/b11-9-,14-13+/t21-,22+,25?/m0/s1. The third-order valence-corrected chi connectivity index (χ3v) is 6.84. The fourth-order valence-electron chi connectivity index (χ4n) is 4.27. The van der Waals surface area contributed by atoms with Crippen molar-refractivity contribution in [3.05, 3.63) is 24.3 Å². The highest BCUT2D eigenvalue weighted by Crippen LogP contribution is 2.34. The third kappa shape index (κ3) is 10.7. The first-order valence-electron chi connectivity index (χ1n) is 11.7. The van der Waals surface area contributed by atoms with E-state index >= 15 is 0 Å². The topological polar surface area (TPSA) is 52.6 Å². The zero-order chi connectivity index (χ0) is 22.6. The molecule has 0 aliphatic heterocycles. The Morgan fingerprint density at radius 1 is 1.20 bits per heavy atom. The number of Topliss-reactive ketones (excluding diaryl/α,β-unsaturated/α-hetero) is 1. The normalized spacial score (nSPS) is 22.1. The summed E-state index contributed by atoms with van der Waals surface area (Å²) in [7, 11) is -0.195. The van der Waals surface area contributed by atoms with Gasteiger partial charge in [0.1, 0.15) is 5.78 Å². The number of unbranched alkanes of at least 4 members (excludes halogenated alkanes) is 2. The molecule has 0 saturated heterocycles. The summed E-state index contributed by atoms with van der Waals surface area (Å²) in [6.45, 7) is 11.2. The minimum absolute atomic E-state index is 0.0953. The van der Waals surface area contributed by atoms with Gasteiger partial charge in [-0.1, -0.05) is 44.1 Å². The van der Waals surface area contributed by atoms with E-state index in [0.717, 1.165) is 38.5 Å². The van der Waals surface area contributed by atoms with E-state index in [2.05, 4.69) is 62.5 Å². The first kappa shape index (κ1) is 26.8. The van der Waals surface area contributed by atoms with E-state index in [9.17, 15) is 9.59 Å². The molecule has 3 atom stereocenters. The average molecular weight is 437 g/mol. The van der Waals surface area contributed by atoms with Crippen molar-refractivity contribution < 1.29 is 18.8 Å². The van der Waals surface area contributed by atoms with Gasteiger partial charge in [0.05, 0.1) is 12.7 Å². The van der Waals surface area contributed by atoms with Crippen LogP contribution in [0.5, 0.6) is 0 Å². The van der Waals surface area contributed by atoms with E-state index in [1.54, 1.807) is 0 Å². The van der Waals surface area contributed by atoms with Crippen LogP contribution >= 0.6 is 0 Å². The highest BCUT2D eigenvalue weighted by molar-refractivity contribution is 6.69. The van der Waals surface area contributed by atoms with Crippen molar-refractivity contribution in [2.24, 2.45) is 11.8 Å². The lowest BCUT2D eigenvalue weighted by atomic mass is 9.89. The Bertz CT molecular complexity index is 590. The van der Waals surface area contributed by atoms with Crippen molar-refractivity contribution in [2.75, 3.05) is 7.11 Å². The molecule has 1 aliphatic carbocycles. The van der Waals surface area contributed by atoms with Crippen LogP contribution in [-0.2, 0) is 18.8 Å². The minimum atomic E-state index is -1.61. The van der Waals surface area contributed by atoms with Crippen LogP contribution in [0.3, 0.4) is 0 Å². The number of hydrogen-bond donors (Lipinski definition) is 0. The molecule has 30 heavy (non-hydrogen) atoms. The molecule has 1 unspecified atom stereocenters. The SMILES string of the molecule is CCCCC(C)(C/C=C/[C@H]1CCC(=O)[C@@H]1C/C=C\CCCC(=O)OC)O[Si](C)(C)C. The molecule has 172 valence electrons. The van der Waals surface area contributed by atoms with Crippen LogP contribution in [-0.4, -0.2) is 32.8 Å². The molecule has 0 aromatic rings. The van der Waals surface area contributed by atoms with Crippen LogP contribution in [0.1, 0.15) is 78.1 Å². The number of methoxy groups -OCH3 is 1. The summed E-state index contributed by atoms with van der Waals surface area (Å²) in [6, 6.07) is 0. The highest BCUT2D eigenvalue weighted by Gasteiger charge is 2.33. The Hall–Kier alpha value is -1.20. The highest BCUT2D eigenvalue weighted by atomic mass is 28.4. The molecule has 1 aliphatic rings. The predicted octanol–water partition coefficient (Wildman–Crippen LogP) is 6.62. The fourth-order valence-corrected chi connectivity index (χ4v) is 5.94. The van der Waals surface area contributed by atoms with Crippen LogP contribution < -0.4 is 0 Å². The summed E-state index contributed by atoms with van der Waals surface area (Å²) in [5.41, 5.74) is -0.103. The molecule has 0 bridgehead atoms. The second kappa shape index (κ2) is 13.3. The van der Waals surface area contributed by atoms with Gasteiger partial charge >= 0.3 is 5.97 Å². The van der Waals surface area contributed by atoms with Gasteiger partial charge in [0.25, 0.3) is 0 Å². The Morgan fingerprint density at radius 3 is 2.57 bits per heavy atom. The van der Waals surface area contributed by atoms with Gasteiger partial charge in [0, 0.05) is 18.8 Å². The number of hydrogen-bond acceptors (Lipinski definition) is 4. The Kier molecular flexibility index (Phi) is 11.9. The first-order valence-corrected chi connectivity index (χ1v) is 15.1. The zero-order valence-electron chi connectivity index (χ0n) is 20.2. The van der Waals surface area contributed by atoms with Crippen LogP contribution in [0.15, 0.2) is 24.3 Å². The molecule has 0 heterocycles. The summed E-state index contributed by atoms with van der Waals surface area (Å²) >= 11 is 0. The molecule has 1 rings (SSSR count). The van der Waals surface area contributed by atoms with Gasteiger partial charge in [0.15, 0.2) is 8.32 Å². The van der Waals surface area contributed by atoms with Crippen LogP contribution in [0.25, 0.3) is 0 Å². The molecule has 0 spiro atoms.